The Morgan fingerprint density at radius 1 is 1.14 bits per heavy atom. The average molecular weight is 370 g/mol. The second kappa shape index (κ2) is 11.3. The minimum Gasteiger partial charge on any atom is -0.482 e. The van der Waals surface area contributed by atoms with Gasteiger partial charge in [-0.15, -0.1) is 0 Å². The minimum absolute atomic E-state index is 0. The zero-order chi connectivity index (χ0) is 16.0. The third-order valence-electron chi connectivity index (χ3n) is 3.87. The summed E-state index contributed by atoms with van der Waals surface area (Å²) < 4.78 is 12.0. The van der Waals surface area contributed by atoms with Crippen LogP contribution in [0.15, 0.2) is 0 Å². The standard InChI is InChI=1S/C12H23BNO2.2C2H6.Rb/c1-9(14)13-15-10-6-5-7-11(2,3)8-12(10,4)16-13;2*1-2;/h10H,5-8,14H2,1-4H3;2*1-2H3;/q-1;;;+1. The zero-order valence-corrected chi connectivity index (χ0v) is 20.8. The Labute approximate surface area is 182 Å². The molecule has 0 radical (unpaired) electrons. The van der Waals surface area contributed by atoms with Crippen molar-refractivity contribution in [3.05, 3.63) is 5.94 Å². The van der Waals surface area contributed by atoms with Crippen molar-refractivity contribution in [2.75, 3.05) is 0 Å². The van der Waals surface area contributed by atoms with E-state index in [9.17, 15) is 0 Å². The van der Waals surface area contributed by atoms with Gasteiger partial charge in [0.05, 0.1) is 11.7 Å². The first kappa shape index (κ1) is 25.0. The number of hydrogen-bond acceptors (Lipinski definition) is 3. The van der Waals surface area contributed by atoms with Gasteiger partial charge in [0.15, 0.2) is 0 Å². The largest absolute Gasteiger partial charge is 1.00 e. The number of fused-ring (bicyclic) bond motifs is 1. The molecule has 2 unspecified atom stereocenters. The maximum absolute atomic E-state index is 6.05. The van der Waals surface area contributed by atoms with E-state index < -0.39 is 0 Å². The van der Waals surface area contributed by atoms with Crippen LogP contribution in [0.2, 0.25) is 0 Å². The predicted octanol–water partition coefficient (Wildman–Crippen LogP) is 1.36. The SMILES string of the molecule is CC.CC.C[C-](N)B1OC2CCCC(C)(C)CC2(C)O1.[Rb+]. The summed E-state index contributed by atoms with van der Waals surface area (Å²) in [5.74, 6) is 0.729. The van der Waals surface area contributed by atoms with Crippen LogP contribution in [0.25, 0.3) is 0 Å². The Hall–Kier alpha value is 1.75. The zero-order valence-electron chi connectivity index (χ0n) is 15.9. The monoisotopic (exact) mass is 369 g/mol. The normalized spacial score (nSPS) is 30.0. The van der Waals surface area contributed by atoms with Crippen LogP contribution in [0.3, 0.4) is 0 Å². The third kappa shape index (κ3) is 7.45. The molecule has 1 aliphatic heterocycles. The van der Waals surface area contributed by atoms with Gasteiger partial charge in [0, 0.05) is 0 Å². The van der Waals surface area contributed by atoms with Crippen molar-refractivity contribution in [1.82, 2.24) is 0 Å². The van der Waals surface area contributed by atoms with E-state index >= 15 is 0 Å². The van der Waals surface area contributed by atoms with Gasteiger partial charge < -0.3 is 15.0 Å². The Kier molecular flexibility index (Phi) is 13.5. The molecule has 1 aliphatic carbocycles. The van der Waals surface area contributed by atoms with Crippen molar-refractivity contribution in [3.8, 4) is 0 Å². The van der Waals surface area contributed by atoms with Crippen LogP contribution in [-0.4, -0.2) is 18.8 Å². The van der Waals surface area contributed by atoms with Crippen molar-refractivity contribution in [3.63, 3.8) is 0 Å². The molecule has 2 aliphatic rings. The van der Waals surface area contributed by atoms with Gasteiger partial charge >= 0.3 is 58.2 Å². The topological polar surface area (TPSA) is 44.5 Å². The first-order valence-corrected chi connectivity index (χ1v) is 8.25. The second-order valence-electron chi connectivity index (χ2n) is 6.36. The molecular formula is C16H35BNO2Rb. The Morgan fingerprint density at radius 3 is 2.14 bits per heavy atom. The van der Waals surface area contributed by atoms with Crippen molar-refractivity contribution in [1.29, 1.82) is 0 Å². The Balaban J connectivity index is 0. The number of rotatable bonds is 1. The molecule has 2 N–H and O–H groups in total. The van der Waals surface area contributed by atoms with Crippen LogP contribution in [0.1, 0.15) is 81.1 Å². The summed E-state index contributed by atoms with van der Waals surface area (Å²) in [5, 5.41) is 0. The summed E-state index contributed by atoms with van der Waals surface area (Å²) in [4.78, 5) is 0. The fourth-order valence-corrected chi connectivity index (χ4v) is 3.18. The summed E-state index contributed by atoms with van der Waals surface area (Å²) in [5.41, 5.74) is 5.96. The fourth-order valence-electron chi connectivity index (χ4n) is 3.18. The summed E-state index contributed by atoms with van der Waals surface area (Å²) in [7, 11) is -0.302. The van der Waals surface area contributed by atoms with Crippen molar-refractivity contribution >= 4 is 7.12 Å². The van der Waals surface area contributed by atoms with E-state index in [1.165, 1.54) is 12.8 Å². The summed E-state index contributed by atoms with van der Waals surface area (Å²) in [6.45, 7) is 16.7. The van der Waals surface area contributed by atoms with Gasteiger partial charge in [-0.25, -0.2) is 5.94 Å². The molecule has 0 amide bonds. The van der Waals surface area contributed by atoms with Gasteiger partial charge in [-0.1, -0.05) is 48.0 Å². The van der Waals surface area contributed by atoms with Gasteiger partial charge in [0.25, 0.3) is 7.12 Å². The summed E-state index contributed by atoms with van der Waals surface area (Å²) in [6.07, 6.45) is 4.81. The van der Waals surface area contributed by atoms with E-state index in [0.29, 0.717) is 5.41 Å². The first-order valence-electron chi connectivity index (χ1n) is 8.25. The molecule has 5 heteroatoms. The van der Waals surface area contributed by atoms with Crippen molar-refractivity contribution in [2.24, 2.45) is 11.1 Å². The molecule has 0 aromatic heterocycles. The molecule has 1 heterocycles. The van der Waals surface area contributed by atoms with Crippen LogP contribution >= 0.6 is 0 Å². The minimum atomic E-state index is -0.302. The van der Waals surface area contributed by atoms with E-state index in [-0.39, 0.29) is 77.0 Å². The van der Waals surface area contributed by atoms with Crippen LogP contribution in [0.4, 0.5) is 0 Å². The van der Waals surface area contributed by atoms with E-state index in [1.807, 2.05) is 34.6 Å². The Morgan fingerprint density at radius 2 is 1.67 bits per heavy atom. The van der Waals surface area contributed by atoms with Gasteiger partial charge in [0.1, 0.15) is 0 Å². The predicted molar refractivity (Wildman–Crippen MR) is 88.2 cm³/mol. The number of nitrogens with two attached hydrogens (primary N) is 1. The van der Waals surface area contributed by atoms with E-state index in [4.69, 9.17) is 15.0 Å². The average Bonchev–Trinajstić information content (AvgIpc) is 2.65. The quantitative estimate of drug-likeness (QED) is 0.560. The van der Waals surface area contributed by atoms with Crippen LogP contribution < -0.4 is 63.9 Å². The fraction of sp³-hybridized carbons (Fsp3) is 0.938. The smallest absolute Gasteiger partial charge is 0.482 e. The van der Waals surface area contributed by atoms with E-state index in [2.05, 4.69) is 20.8 Å². The van der Waals surface area contributed by atoms with Crippen molar-refractivity contribution < 1.29 is 67.5 Å². The van der Waals surface area contributed by atoms with Gasteiger partial charge in [-0.05, 0) is 31.6 Å². The van der Waals surface area contributed by atoms with Crippen molar-refractivity contribution in [2.45, 2.75) is 92.8 Å². The summed E-state index contributed by atoms with van der Waals surface area (Å²) >= 11 is 0. The summed E-state index contributed by atoms with van der Waals surface area (Å²) in [6, 6.07) is 0. The van der Waals surface area contributed by atoms with Crippen LogP contribution in [0, 0.1) is 11.4 Å². The Bertz CT molecular complexity index is 277. The molecule has 2 rings (SSSR count). The van der Waals surface area contributed by atoms with E-state index in [0.717, 1.165) is 18.8 Å². The van der Waals surface area contributed by atoms with Gasteiger partial charge in [-0.3, -0.25) is 0 Å². The van der Waals surface area contributed by atoms with Gasteiger partial charge in [0.2, 0.25) is 0 Å². The van der Waals surface area contributed by atoms with Gasteiger partial charge in [-0.2, -0.15) is 6.92 Å². The molecule has 1 saturated carbocycles. The second-order valence-corrected chi connectivity index (χ2v) is 6.36. The molecule has 0 aromatic rings. The molecule has 2 fully saturated rings. The molecule has 120 valence electrons. The van der Waals surface area contributed by atoms with Crippen LogP contribution in [0.5, 0.6) is 0 Å². The van der Waals surface area contributed by atoms with E-state index in [1.54, 1.807) is 0 Å². The molecule has 0 spiro atoms. The molecule has 0 aromatic carbocycles. The number of hydrogen-bond donors (Lipinski definition) is 1. The maximum Gasteiger partial charge on any atom is 1.00 e. The molecule has 1 saturated heterocycles. The first-order chi connectivity index (χ1) is 9.32. The third-order valence-corrected chi connectivity index (χ3v) is 3.87. The molecule has 2 atom stereocenters. The molecule has 3 nitrogen and oxygen atoms in total. The molecule has 0 bridgehead atoms. The molecular weight excluding hydrogens is 334 g/mol. The molecule has 21 heavy (non-hydrogen) atoms. The maximum atomic E-state index is 6.05. The van der Waals surface area contributed by atoms with Crippen LogP contribution in [-0.2, 0) is 9.31 Å².